The summed E-state index contributed by atoms with van der Waals surface area (Å²) in [6.07, 6.45) is 0. The first-order valence-electron chi connectivity index (χ1n) is 3.52. The molecule has 5 nitrogen and oxygen atoms in total. The highest BCUT2D eigenvalue weighted by Gasteiger charge is 1.87. The molecule has 0 heterocycles. The lowest BCUT2D eigenvalue weighted by molar-refractivity contribution is -0.129. The number of hydrogen-bond acceptors (Lipinski definition) is 3. The molecule has 0 atom stereocenters. The van der Waals surface area contributed by atoms with Gasteiger partial charge in [0, 0.05) is 0 Å². The average Bonchev–Trinajstić information content (AvgIpc) is 2.18. The molecule has 0 fully saturated rings. The minimum Gasteiger partial charge on any atom is -0.483 e. The fraction of sp³-hybridized carbons (Fsp3) is 0.111. The summed E-state index contributed by atoms with van der Waals surface area (Å²) in [5.74, 6) is 0. The Bertz CT molecular complexity index is 234. The van der Waals surface area contributed by atoms with Crippen LogP contribution in [0.3, 0.4) is 0 Å². The number of carbonyl (C=O) groups excluding carboxylic acids is 1. The lowest BCUT2D eigenvalue weighted by Crippen LogP contribution is -1.88. The van der Waals surface area contributed by atoms with Crippen LogP contribution in [0.2, 0.25) is 0 Å². The fourth-order valence-electron chi connectivity index (χ4n) is 0.704. The van der Waals surface area contributed by atoms with Gasteiger partial charge in [0.2, 0.25) is 0 Å². The molecule has 5 heteroatoms. The van der Waals surface area contributed by atoms with Gasteiger partial charge < -0.3 is 15.3 Å². The second kappa shape index (κ2) is 11.1. The molecule has 78 valence electrons. The molecular weight excluding hydrogens is 188 g/mol. The molecule has 0 saturated heterocycles. The van der Waals surface area contributed by atoms with Gasteiger partial charge in [0.1, 0.15) is 6.61 Å². The summed E-state index contributed by atoms with van der Waals surface area (Å²) < 4.78 is 4.54. The molecule has 0 aromatic heterocycles. The predicted octanol–water partition coefficient (Wildman–Crippen LogP) is 0.236. The van der Waals surface area contributed by atoms with Gasteiger partial charge in [-0.25, -0.2) is 0 Å². The summed E-state index contributed by atoms with van der Waals surface area (Å²) in [4.78, 5) is 18.1. The molecule has 0 bridgehead atoms. The first-order valence-corrected chi connectivity index (χ1v) is 3.52. The lowest BCUT2D eigenvalue weighted by atomic mass is 10.2. The third kappa shape index (κ3) is 8.22. The molecule has 3 N–H and O–H groups in total. The highest BCUT2D eigenvalue weighted by atomic mass is 16.5. The third-order valence-electron chi connectivity index (χ3n) is 1.16. The lowest BCUT2D eigenvalue weighted by Gasteiger charge is -1.95. The van der Waals surface area contributed by atoms with Crippen LogP contribution in [0.1, 0.15) is 5.56 Å². The van der Waals surface area contributed by atoms with Crippen LogP contribution >= 0.6 is 0 Å². The quantitative estimate of drug-likeness (QED) is 0.706. The van der Waals surface area contributed by atoms with Gasteiger partial charge in [-0.05, 0) is 5.56 Å². The molecule has 0 unspecified atom stereocenters. The normalized spacial score (nSPS) is 7.14. The maximum absolute atomic E-state index is 9.76. The summed E-state index contributed by atoms with van der Waals surface area (Å²) >= 11 is 0. The summed E-state index contributed by atoms with van der Waals surface area (Å²) in [5.41, 5.74) is 1.01. The van der Waals surface area contributed by atoms with Crippen molar-refractivity contribution >= 4 is 12.9 Å². The first kappa shape index (κ1) is 14.6. The Morgan fingerprint density at radius 1 is 1.21 bits per heavy atom. The molecule has 1 aromatic carbocycles. The molecule has 0 radical (unpaired) electrons. The van der Waals surface area contributed by atoms with Crippen molar-refractivity contribution in [2.45, 2.75) is 6.61 Å². The van der Waals surface area contributed by atoms with E-state index in [2.05, 4.69) is 4.74 Å². The smallest absolute Gasteiger partial charge is 0.293 e. The van der Waals surface area contributed by atoms with E-state index < -0.39 is 0 Å². The molecule has 0 spiro atoms. The van der Waals surface area contributed by atoms with E-state index in [9.17, 15) is 4.79 Å². The number of benzene rings is 1. The molecule has 14 heavy (non-hydrogen) atoms. The number of carboxylic acid groups (broad SMARTS) is 1. The van der Waals surface area contributed by atoms with Crippen molar-refractivity contribution in [3.63, 3.8) is 0 Å². The Labute approximate surface area is 81.2 Å². The van der Waals surface area contributed by atoms with Crippen molar-refractivity contribution < 1.29 is 24.9 Å². The standard InChI is InChI=1S/C8H8O2.CH2O2.H2O/c9-7-10-6-8-4-2-1-3-5-8;2-1-3;/h1-5,7H,6H2;1H,(H,2,3);1H2. The van der Waals surface area contributed by atoms with Crippen LogP contribution in [0.15, 0.2) is 30.3 Å². The summed E-state index contributed by atoms with van der Waals surface area (Å²) in [5, 5.41) is 6.89. The van der Waals surface area contributed by atoms with E-state index in [4.69, 9.17) is 9.90 Å². The molecule has 0 aliphatic heterocycles. The summed E-state index contributed by atoms with van der Waals surface area (Å²) in [7, 11) is 0. The third-order valence-corrected chi connectivity index (χ3v) is 1.16. The van der Waals surface area contributed by atoms with Crippen LogP contribution in [0, 0.1) is 0 Å². The first-order chi connectivity index (χ1) is 6.35. The number of ether oxygens (including phenoxy) is 1. The van der Waals surface area contributed by atoms with Crippen molar-refractivity contribution in [1.82, 2.24) is 0 Å². The van der Waals surface area contributed by atoms with Crippen molar-refractivity contribution in [3.8, 4) is 0 Å². The fourth-order valence-corrected chi connectivity index (χ4v) is 0.704. The Kier molecular flexibility index (Phi) is 11.6. The Morgan fingerprint density at radius 3 is 2.14 bits per heavy atom. The number of carbonyl (C=O) groups is 2. The van der Waals surface area contributed by atoms with E-state index in [0.717, 1.165) is 5.56 Å². The maximum Gasteiger partial charge on any atom is 0.293 e. The molecule has 0 saturated carbocycles. The van der Waals surface area contributed by atoms with Crippen LogP contribution in [0.4, 0.5) is 0 Å². The van der Waals surface area contributed by atoms with Crippen LogP contribution in [-0.4, -0.2) is 23.5 Å². The Hall–Kier alpha value is -1.88. The Morgan fingerprint density at radius 2 is 1.71 bits per heavy atom. The van der Waals surface area contributed by atoms with E-state index in [1.807, 2.05) is 30.3 Å². The van der Waals surface area contributed by atoms with Gasteiger partial charge in [-0.3, -0.25) is 9.59 Å². The number of rotatable bonds is 3. The van der Waals surface area contributed by atoms with Crippen LogP contribution in [0.25, 0.3) is 0 Å². The molecule has 0 aliphatic carbocycles. The second-order valence-electron chi connectivity index (χ2n) is 2.00. The minimum atomic E-state index is -0.250. The SMILES string of the molecule is O.O=CO.O=COCc1ccccc1. The van der Waals surface area contributed by atoms with Crippen molar-refractivity contribution in [3.05, 3.63) is 35.9 Å². The van der Waals surface area contributed by atoms with Gasteiger partial charge in [-0.1, -0.05) is 30.3 Å². The van der Waals surface area contributed by atoms with Crippen molar-refractivity contribution in [2.75, 3.05) is 0 Å². The van der Waals surface area contributed by atoms with Crippen LogP contribution < -0.4 is 0 Å². The number of hydrogen-bond donors (Lipinski definition) is 1. The van der Waals surface area contributed by atoms with Crippen LogP contribution in [-0.2, 0) is 20.9 Å². The zero-order valence-corrected chi connectivity index (χ0v) is 7.42. The molecule has 1 rings (SSSR count). The van der Waals surface area contributed by atoms with E-state index in [1.54, 1.807) is 0 Å². The van der Waals surface area contributed by atoms with Gasteiger partial charge in [0.25, 0.3) is 12.9 Å². The summed E-state index contributed by atoms with van der Waals surface area (Å²) in [6.45, 7) is 0.567. The molecule has 1 aromatic rings. The molecular formula is C9H12O5. The van der Waals surface area contributed by atoms with E-state index in [-0.39, 0.29) is 11.9 Å². The van der Waals surface area contributed by atoms with Gasteiger partial charge in [0.05, 0.1) is 0 Å². The van der Waals surface area contributed by atoms with Crippen molar-refractivity contribution in [2.24, 2.45) is 0 Å². The van der Waals surface area contributed by atoms with Gasteiger partial charge in [-0.15, -0.1) is 0 Å². The van der Waals surface area contributed by atoms with Crippen LogP contribution in [0.5, 0.6) is 0 Å². The largest absolute Gasteiger partial charge is 0.483 e. The maximum atomic E-state index is 9.76. The van der Waals surface area contributed by atoms with Gasteiger partial charge >= 0.3 is 0 Å². The second-order valence-corrected chi connectivity index (χ2v) is 2.00. The van der Waals surface area contributed by atoms with Gasteiger partial charge in [0.15, 0.2) is 0 Å². The Balaban J connectivity index is 0. The molecule has 0 amide bonds. The predicted molar refractivity (Wildman–Crippen MR) is 49.6 cm³/mol. The molecule has 0 aliphatic rings. The highest BCUT2D eigenvalue weighted by Crippen LogP contribution is 1.98. The van der Waals surface area contributed by atoms with E-state index in [1.165, 1.54) is 0 Å². The zero-order valence-electron chi connectivity index (χ0n) is 7.42. The van der Waals surface area contributed by atoms with E-state index >= 15 is 0 Å². The summed E-state index contributed by atoms with van der Waals surface area (Å²) in [6, 6.07) is 9.55. The zero-order chi connectivity index (χ0) is 9.94. The average molecular weight is 200 g/mol. The minimum absolute atomic E-state index is 0. The highest BCUT2D eigenvalue weighted by molar-refractivity contribution is 5.37. The van der Waals surface area contributed by atoms with E-state index in [0.29, 0.717) is 13.1 Å². The monoisotopic (exact) mass is 200 g/mol. The van der Waals surface area contributed by atoms with Crippen molar-refractivity contribution in [1.29, 1.82) is 0 Å². The topological polar surface area (TPSA) is 95.1 Å². The van der Waals surface area contributed by atoms with Gasteiger partial charge in [-0.2, -0.15) is 0 Å².